The normalized spacial score (nSPS) is 28.6. The van der Waals surface area contributed by atoms with Crippen molar-refractivity contribution in [2.75, 3.05) is 40.6 Å². The third-order valence-corrected chi connectivity index (χ3v) is 9.12. The van der Waals surface area contributed by atoms with E-state index in [0.717, 1.165) is 48.7 Å². The van der Waals surface area contributed by atoms with Gasteiger partial charge in [0.25, 0.3) is 0 Å². The van der Waals surface area contributed by atoms with Gasteiger partial charge in [-0.3, -0.25) is 9.59 Å². The maximum atomic E-state index is 9.48. The average molecular weight is 537 g/mol. The first-order valence-electron chi connectivity index (χ1n) is 14.8. The number of rotatable bonds is 12. The Morgan fingerprint density at radius 2 is 1.21 bits per heavy atom. The molecule has 2 N–H and O–H groups in total. The van der Waals surface area contributed by atoms with Gasteiger partial charge in [-0.05, 0) is 86.9 Å². The predicted molar refractivity (Wildman–Crippen MR) is 154 cm³/mol. The lowest BCUT2D eigenvalue weighted by Gasteiger charge is -2.46. The van der Waals surface area contributed by atoms with Crippen LogP contribution in [0.4, 0.5) is 0 Å². The van der Waals surface area contributed by atoms with Gasteiger partial charge in [0.1, 0.15) is 12.6 Å². The molecule has 0 radical (unpaired) electrons. The molecular weight excluding hydrogens is 480 g/mol. The molecule has 0 aromatic carbocycles. The van der Waals surface area contributed by atoms with Gasteiger partial charge in [0.05, 0.1) is 26.4 Å². The lowest BCUT2D eigenvalue weighted by atomic mass is 9.60. The number of aliphatic hydroxyl groups excluding tert-OH is 2. The molecule has 3 aliphatic carbocycles. The van der Waals surface area contributed by atoms with E-state index in [1.807, 2.05) is 14.2 Å². The summed E-state index contributed by atoms with van der Waals surface area (Å²) < 4.78 is 11.0. The Labute approximate surface area is 232 Å². The minimum atomic E-state index is -0.233. The molecule has 6 heteroatoms. The van der Waals surface area contributed by atoms with Crippen LogP contribution in [-0.2, 0) is 19.1 Å². The molecule has 0 bridgehead atoms. The van der Waals surface area contributed by atoms with Gasteiger partial charge < -0.3 is 19.7 Å². The smallest absolute Gasteiger partial charge is 0.147 e. The van der Waals surface area contributed by atoms with Crippen molar-refractivity contribution in [3.05, 3.63) is 24.3 Å². The maximum Gasteiger partial charge on any atom is 0.147 e. The zero-order valence-electron chi connectivity index (χ0n) is 24.5. The number of carbonyl (C=O) groups excluding carboxylic acids is 2. The number of hydrogen-bond acceptors (Lipinski definition) is 6. The molecule has 3 aliphatic rings. The highest BCUT2D eigenvalue weighted by molar-refractivity contribution is 5.72. The van der Waals surface area contributed by atoms with Gasteiger partial charge in [-0.1, -0.05) is 45.8 Å². The fourth-order valence-corrected chi connectivity index (χ4v) is 7.00. The fourth-order valence-electron chi connectivity index (χ4n) is 7.00. The van der Waals surface area contributed by atoms with Gasteiger partial charge in [0.2, 0.25) is 0 Å². The van der Waals surface area contributed by atoms with E-state index in [-0.39, 0.29) is 24.4 Å². The summed E-state index contributed by atoms with van der Waals surface area (Å²) in [4.78, 5) is 19.0. The van der Waals surface area contributed by atoms with E-state index in [4.69, 9.17) is 19.7 Å². The second-order valence-corrected chi connectivity index (χ2v) is 11.8. The molecule has 0 aromatic heterocycles. The Hall–Kier alpha value is -1.34. The largest absolute Gasteiger partial charge is 0.392 e. The Balaban J connectivity index is 0.000000503. The van der Waals surface area contributed by atoms with Crippen molar-refractivity contribution in [1.82, 2.24) is 0 Å². The van der Waals surface area contributed by atoms with E-state index in [9.17, 15) is 9.59 Å². The summed E-state index contributed by atoms with van der Waals surface area (Å²) in [6.07, 6.45) is 19.0. The van der Waals surface area contributed by atoms with Crippen molar-refractivity contribution < 1.29 is 29.3 Å². The van der Waals surface area contributed by atoms with E-state index in [2.05, 4.69) is 20.1 Å². The number of aldehydes is 2. The first-order valence-corrected chi connectivity index (χ1v) is 14.8. The molecular formula is C32H56O6. The summed E-state index contributed by atoms with van der Waals surface area (Å²) in [5.41, 5.74) is 0.435. The molecule has 6 nitrogen and oxygen atoms in total. The zero-order valence-corrected chi connectivity index (χ0v) is 24.5. The number of aliphatic hydroxyl groups is 2. The molecule has 0 spiro atoms. The molecule has 0 aliphatic heterocycles. The van der Waals surface area contributed by atoms with Crippen LogP contribution < -0.4 is 0 Å². The average Bonchev–Trinajstić information content (AvgIpc) is 2.96. The molecule has 3 fully saturated rings. The van der Waals surface area contributed by atoms with Crippen molar-refractivity contribution >= 4 is 12.6 Å². The molecule has 0 aromatic rings. The van der Waals surface area contributed by atoms with Gasteiger partial charge in [-0.25, -0.2) is 0 Å². The quantitative estimate of drug-likeness (QED) is 0.242. The first-order chi connectivity index (χ1) is 18.4. The Kier molecular flexibility index (Phi) is 18.8. The molecule has 3 saturated carbocycles. The van der Waals surface area contributed by atoms with Crippen LogP contribution >= 0.6 is 0 Å². The Bertz CT molecular complexity index is 643. The lowest BCUT2D eigenvalue weighted by molar-refractivity contribution is -0.106. The number of hydrogen-bond donors (Lipinski definition) is 2. The van der Waals surface area contributed by atoms with Crippen LogP contribution in [0.5, 0.6) is 0 Å². The SMILES string of the molecule is C=C(C=O)CO.C=C(C=O)CO.CCCC1CCC(C2CCC3CC(C(COC)COC)CCC3C2)CC1. The molecule has 0 saturated heterocycles. The molecule has 0 heterocycles. The molecule has 0 amide bonds. The second kappa shape index (κ2) is 20.5. The van der Waals surface area contributed by atoms with Crippen LogP contribution in [0.1, 0.15) is 84.0 Å². The van der Waals surface area contributed by atoms with E-state index >= 15 is 0 Å². The minimum Gasteiger partial charge on any atom is -0.392 e. The highest BCUT2D eigenvalue weighted by Gasteiger charge is 2.40. The second-order valence-electron chi connectivity index (χ2n) is 11.8. The number of ether oxygens (including phenoxy) is 2. The van der Waals surface area contributed by atoms with Crippen molar-refractivity contribution in [1.29, 1.82) is 0 Å². The van der Waals surface area contributed by atoms with Gasteiger partial charge >= 0.3 is 0 Å². The van der Waals surface area contributed by atoms with Gasteiger partial charge in [-0.15, -0.1) is 0 Å². The van der Waals surface area contributed by atoms with Crippen LogP contribution in [0, 0.1) is 41.4 Å². The predicted octanol–water partition coefficient (Wildman–Crippen LogP) is 5.80. The Morgan fingerprint density at radius 1 is 0.763 bits per heavy atom. The number of methoxy groups -OCH3 is 2. The van der Waals surface area contributed by atoms with Crippen LogP contribution in [0.3, 0.4) is 0 Å². The van der Waals surface area contributed by atoms with Crippen molar-refractivity contribution in [3.63, 3.8) is 0 Å². The summed E-state index contributed by atoms with van der Waals surface area (Å²) in [5.74, 6) is 6.65. The topological polar surface area (TPSA) is 93.1 Å². The minimum absolute atomic E-state index is 0.218. The van der Waals surface area contributed by atoms with Crippen LogP contribution in [-0.4, -0.2) is 63.4 Å². The van der Waals surface area contributed by atoms with Gasteiger partial charge in [0.15, 0.2) is 0 Å². The maximum absolute atomic E-state index is 9.48. The van der Waals surface area contributed by atoms with Crippen molar-refractivity contribution in [2.45, 2.75) is 84.0 Å². The number of fused-ring (bicyclic) bond motifs is 1. The van der Waals surface area contributed by atoms with E-state index in [0.29, 0.717) is 18.5 Å². The Morgan fingerprint density at radius 3 is 1.63 bits per heavy atom. The molecule has 3 rings (SSSR count). The summed E-state index contributed by atoms with van der Waals surface area (Å²) in [6.45, 7) is 9.99. The summed E-state index contributed by atoms with van der Waals surface area (Å²) >= 11 is 0. The highest BCUT2D eigenvalue weighted by atomic mass is 16.5. The zero-order chi connectivity index (χ0) is 28.3. The molecule has 4 unspecified atom stereocenters. The molecule has 4 atom stereocenters. The summed E-state index contributed by atoms with van der Waals surface area (Å²) in [6, 6.07) is 0. The standard InChI is InChI=1S/C24H44O2.2C4H6O2/c1-4-5-18-6-8-19(9-7-18)20-10-11-22-15-23(13-12-21(22)14-20)24(16-25-2)17-26-3;2*1-4(2-5)3-6/h18-24H,4-17H2,1-3H3;2*2,6H,1,3H2. The fraction of sp³-hybridized carbons (Fsp3) is 0.812. The van der Waals surface area contributed by atoms with E-state index < -0.39 is 0 Å². The molecule has 38 heavy (non-hydrogen) atoms. The lowest BCUT2D eigenvalue weighted by Crippen LogP contribution is -2.37. The van der Waals surface area contributed by atoms with Crippen LogP contribution in [0.15, 0.2) is 24.3 Å². The number of carbonyl (C=O) groups is 2. The van der Waals surface area contributed by atoms with Crippen LogP contribution in [0.25, 0.3) is 0 Å². The van der Waals surface area contributed by atoms with Crippen molar-refractivity contribution in [2.24, 2.45) is 41.4 Å². The van der Waals surface area contributed by atoms with E-state index in [1.54, 1.807) is 19.3 Å². The van der Waals surface area contributed by atoms with Gasteiger partial charge in [-0.2, -0.15) is 0 Å². The summed E-state index contributed by atoms with van der Waals surface area (Å²) in [5, 5.41) is 16.0. The van der Waals surface area contributed by atoms with Crippen molar-refractivity contribution in [3.8, 4) is 0 Å². The molecule has 220 valence electrons. The summed E-state index contributed by atoms with van der Waals surface area (Å²) in [7, 11) is 3.68. The van der Waals surface area contributed by atoms with E-state index in [1.165, 1.54) is 57.8 Å². The monoisotopic (exact) mass is 536 g/mol. The van der Waals surface area contributed by atoms with Crippen LogP contribution in [0.2, 0.25) is 0 Å². The first kappa shape index (κ1) is 34.7. The third kappa shape index (κ3) is 12.7. The van der Waals surface area contributed by atoms with Gasteiger partial charge in [0, 0.05) is 31.3 Å². The highest BCUT2D eigenvalue weighted by Crippen LogP contribution is 2.50. The third-order valence-electron chi connectivity index (χ3n) is 9.12.